The van der Waals surface area contributed by atoms with Gasteiger partial charge in [0, 0.05) is 37.6 Å². The molecule has 2 aliphatic rings. The molecule has 0 radical (unpaired) electrons. The Morgan fingerprint density at radius 2 is 2.04 bits per heavy atom. The van der Waals surface area contributed by atoms with Gasteiger partial charge in [0.25, 0.3) is 6.43 Å². The molecule has 3 rings (SSSR count). The number of carbonyl (C=O) groups is 2. The summed E-state index contributed by atoms with van der Waals surface area (Å²) in [6.45, 7) is 2.46. The molecule has 1 N–H and O–H groups in total. The molecule has 1 aromatic rings. The van der Waals surface area contributed by atoms with Crippen molar-refractivity contribution >= 4 is 23.5 Å². The molecule has 3 amide bonds. The van der Waals surface area contributed by atoms with Crippen LogP contribution in [0.15, 0.2) is 24.3 Å². The van der Waals surface area contributed by atoms with E-state index < -0.39 is 12.5 Å². The van der Waals surface area contributed by atoms with Gasteiger partial charge in [-0.05, 0) is 24.6 Å². The van der Waals surface area contributed by atoms with Crippen LogP contribution in [0.5, 0.6) is 0 Å². The molecule has 2 aliphatic heterocycles. The Morgan fingerprint density at radius 1 is 1.19 bits per heavy atom. The van der Waals surface area contributed by atoms with Crippen LogP contribution in [-0.4, -0.2) is 74.2 Å². The Morgan fingerprint density at radius 3 is 2.77 bits per heavy atom. The van der Waals surface area contributed by atoms with Gasteiger partial charge in [0.15, 0.2) is 0 Å². The van der Waals surface area contributed by atoms with Crippen LogP contribution < -0.4 is 10.2 Å². The number of rotatable bonds is 4. The first-order chi connectivity index (χ1) is 12.5. The third-order valence-corrected chi connectivity index (χ3v) is 4.44. The second-order valence-corrected chi connectivity index (χ2v) is 6.28. The molecule has 0 spiro atoms. The van der Waals surface area contributed by atoms with Crippen molar-refractivity contribution < 1.29 is 23.1 Å². The van der Waals surface area contributed by atoms with Crippen LogP contribution in [0.3, 0.4) is 0 Å². The quantitative estimate of drug-likeness (QED) is 0.887. The van der Waals surface area contributed by atoms with Crippen LogP contribution in [0, 0.1) is 0 Å². The first-order valence-corrected chi connectivity index (χ1v) is 8.64. The summed E-state index contributed by atoms with van der Waals surface area (Å²) >= 11 is 0. The van der Waals surface area contributed by atoms with E-state index in [9.17, 15) is 18.4 Å². The fourth-order valence-corrected chi connectivity index (χ4v) is 3.13. The minimum atomic E-state index is -2.37. The Bertz CT molecular complexity index is 659. The number of alkyl halides is 2. The van der Waals surface area contributed by atoms with E-state index >= 15 is 0 Å². The van der Waals surface area contributed by atoms with E-state index in [1.54, 1.807) is 34.1 Å². The first-order valence-electron chi connectivity index (χ1n) is 8.64. The lowest BCUT2D eigenvalue weighted by molar-refractivity contribution is 0.0905. The lowest BCUT2D eigenvalue weighted by Crippen LogP contribution is -2.38. The van der Waals surface area contributed by atoms with Gasteiger partial charge in [0.1, 0.15) is 6.61 Å². The zero-order valence-corrected chi connectivity index (χ0v) is 14.4. The highest BCUT2D eigenvalue weighted by molar-refractivity contribution is 5.93. The van der Waals surface area contributed by atoms with E-state index in [1.165, 1.54) is 4.90 Å². The van der Waals surface area contributed by atoms with E-state index in [-0.39, 0.29) is 12.6 Å². The predicted octanol–water partition coefficient (Wildman–Crippen LogP) is 2.45. The SMILES string of the molecule is O=C(Nc1cccc(N2CCOC2=O)c1)N1CCCN(CC(F)F)CC1. The number of amides is 3. The monoisotopic (exact) mass is 368 g/mol. The fourth-order valence-electron chi connectivity index (χ4n) is 3.13. The lowest BCUT2D eigenvalue weighted by Gasteiger charge is -2.22. The summed E-state index contributed by atoms with van der Waals surface area (Å²) in [6, 6.07) is 6.71. The number of benzene rings is 1. The van der Waals surface area contributed by atoms with Crippen molar-refractivity contribution in [3.05, 3.63) is 24.3 Å². The minimum absolute atomic E-state index is 0.260. The van der Waals surface area contributed by atoms with Crippen molar-refractivity contribution in [2.45, 2.75) is 12.8 Å². The van der Waals surface area contributed by atoms with E-state index in [1.807, 2.05) is 0 Å². The van der Waals surface area contributed by atoms with Crippen molar-refractivity contribution in [1.82, 2.24) is 9.80 Å². The highest BCUT2D eigenvalue weighted by Crippen LogP contribution is 2.22. The maximum atomic E-state index is 12.5. The predicted molar refractivity (Wildman–Crippen MR) is 92.8 cm³/mol. The number of ether oxygens (including phenoxy) is 1. The molecular weight excluding hydrogens is 346 g/mol. The summed E-state index contributed by atoms with van der Waals surface area (Å²) in [4.78, 5) is 28.9. The summed E-state index contributed by atoms with van der Waals surface area (Å²) in [7, 11) is 0. The molecule has 0 bridgehead atoms. The smallest absolute Gasteiger partial charge is 0.414 e. The molecule has 0 aliphatic carbocycles. The third kappa shape index (κ3) is 4.60. The van der Waals surface area contributed by atoms with Gasteiger partial charge < -0.3 is 15.0 Å². The average Bonchev–Trinajstić information content (AvgIpc) is 2.89. The van der Waals surface area contributed by atoms with Gasteiger partial charge in [0.05, 0.1) is 13.1 Å². The minimum Gasteiger partial charge on any atom is -0.447 e. The van der Waals surface area contributed by atoms with Crippen molar-refractivity contribution in [2.24, 2.45) is 0 Å². The highest BCUT2D eigenvalue weighted by atomic mass is 19.3. The second kappa shape index (κ2) is 8.31. The van der Waals surface area contributed by atoms with Gasteiger partial charge in [-0.15, -0.1) is 0 Å². The number of cyclic esters (lactones) is 1. The second-order valence-electron chi connectivity index (χ2n) is 6.28. The van der Waals surface area contributed by atoms with Crippen LogP contribution in [-0.2, 0) is 4.74 Å². The van der Waals surface area contributed by atoms with Gasteiger partial charge >= 0.3 is 12.1 Å². The molecule has 2 heterocycles. The molecule has 1 aromatic carbocycles. The number of anilines is 2. The number of nitrogens with one attached hydrogen (secondary N) is 1. The van der Waals surface area contributed by atoms with Crippen LogP contribution in [0.2, 0.25) is 0 Å². The van der Waals surface area contributed by atoms with E-state index in [2.05, 4.69) is 5.32 Å². The number of halogens is 2. The molecule has 0 unspecified atom stereocenters. The Balaban J connectivity index is 1.58. The van der Waals surface area contributed by atoms with Crippen molar-refractivity contribution in [3.63, 3.8) is 0 Å². The summed E-state index contributed by atoms with van der Waals surface area (Å²) in [5.41, 5.74) is 1.23. The van der Waals surface area contributed by atoms with E-state index in [0.717, 1.165) is 0 Å². The van der Waals surface area contributed by atoms with Gasteiger partial charge in [-0.1, -0.05) is 6.07 Å². The lowest BCUT2D eigenvalue weighted by atomic mass is 10.2. The zero-order valence-electron chi connectivity index (χ0n) is 14.4. The fraction of sp³-hybridized carbons (Fsp3) is 0.529. The summed E-state index contributed by atoms with van der Waals surface area (Å²) in [6.07, 6.45) is -2.12. The topological polar surface area (TPSA) is 65.1 Å². The summed E-state index contributed by atoms with van der Waals surface area (Å²) in [5, 5.41) is 2.82. The van der Waals surface area contributed by atoms with Crippen molar-refractivity contribution in [1.29, 1.82) is 0 Å². The molecule has 142 valence electrons. The molecule has 2 saturated heterocycles. The number of hydrogen-bond donors (Lipinski definition) is 1. The standard InChI is InChI=1S/C17H22F2N4O3/c18-15(19)12-21-5-2-6-22(8-7-21)16(24)20-13-3-1-4-14(11-13)23-9-10-26-17(23)25/h1,3-4,11,15H,2,5-10,12H2,(H,20,24). The van der Waals surface area contributed by atoms with Crippen LogP contribution in [0.4, 0.5) is 29.7 Å². The maximum absolute atomic E-state index is 12.5. The van der Waals surface area contributed by atoms with E-state index in [4.69, 9.17) is 4.74 Å². The van der Waals surface area contributed by atoms with Crippen LogP contribution >= 0.6 is 0 Å². The highest BCUT2D eigenvalue weighted by Gasteiger charge is 2.24. The number of nitrogens with zero attached hydrogens (tertiary/aromatic N) is 3. The van der Waals surface area contributed by atoms with Crippen molar-refractivity contribution in [2.75, 3.05) is 56.1 Å². The maximum Gasteiger partial charge on any atom is 0.414 e. The molecule has 9 heteroatoms. The largest absolute Gasteiger partial charge is 0.447 e. The summed E-state index contributed by atoms with van der Waals surface area (Å²) in [5.74, 6) is 0. The Labute approximate surface area is 150 Å². The molecule has 0 aromatic heterocycles. The van der Waals surface area contributed by atoms with Gasteiger partial charge in [-0.25, -0.2) is 18.4 Å². The number of urea groups is 1. The molecule has 26 heavy (non-hydrogen) atoms. The molecule has 7 nitrogen and oxygen atoms in total. The van der Waals surface area contributed by atoms with Crippen LogP contribution in [0.1, 0.15) is 6.42 Å². The van der Waals surface area contributed by atoms with E-state index in [0.29, 0.717) is 57.1 Å². The summed E-state index contributed by atoms with van der Waals surface area (Å²) < 4.78 is 30.0. The average molecular weight is 368 g/mol. The molecule has 2 fully saturated rings. The Kier molecular flexibility index (Phi) is 5.87. The number of hydrogen-bond acceptors (Lipinski definition) is 4. The van der Waals surface area contributed by atoms with Gasteiger partial charge in [-0.3, -0.25) is 9.80 Å². The number of carbonyl (C=O) groups excluding carboxylic acids is 2. The van der Waals surface area contributed by atoms with Gasteiger partial charge in [0.2, 0.25) is 0 Å². The Hall–Kier alpha value is -2.42. The van der Waals surface area contributed by atoms with Gasteiger partial charge in [-0.2, -0.15) is 0 Å². The normalized spacial score (nSPS) is 18.8. The van der Waals surface area contributed by atoms with Crippen molar-refractivity contribution in [3.8, 4) is 0 Å². The molecule has 0 saturated carbocycles. The third-order valence-electron chi connectivity index (χ3n) is 4.44. The zero-order chi connectivity index (χ0) is 18.5. The molecule has 0 atom stereocenters. The molecular formula is C17H22F2N4O3. The van der Waals surface area contributed by atoms with Crippen LogP contribution in [0.25, 0.3) is 0 Å². The first kappa shape index (κ1) is 18.4.